The zero-order chi connectivity index (χ0) is 15.5. The number of amides is 1. The predicted octanol–water partition coefficient (Wildman–Crippen LogP) is 2.32. The molecule has 0 saturated heterocycles. The van der Waals surface area contributed by atoms with Crippen LogP contribution in [0.4, 0.5) is 5.69 Å². The fourth-order valence-electron chi connectivity index (χ4n) is 2.21. The number of anilines is 1. The first kappa shape index (κ1) is 13.9. The molecule has 0 aliphatic carbocycles. The largest absolute Gasteiger partial charge is 0.321 e. The van der Waals surface area contributed by atoms with E-state index in [-0.39, 0.29) is 5.91 Å². The Morgan fingerprint density at radius 3 is 3.00 bits per heavy atom. The number of carbonyl (C=O) groups excluding carboxylic acids is 1. The van der Waals surface area contributed by atoms with Crippen molar-refractivity contribution in [1.29, 1.82) is 0 Å². The van der Waals surface area contributed by atoms with E-state index in [4.69, 9.17) is 0 Å². The molecule has 0 bridgehead atoms. The fraction of sp³-hybridized carbons (Fsp3) is 0.125. The van der Waals surface area contributed by atoms with Gasteiger partial charge in [-0.15, -0.1) is 0 Å². The zero-order valence-corrected chi connectivity index (χ0v) is 12.3. The van der Waals surface area contributed by atoms with Crippen molar-refractivity contribution in [3.63, 3.8) is 0 Å². The van der Waals surface area contributed by atoms with Crippen LogP contribution in [0.5, 0.6) is 0 Å². The van der Waals surface area contributed by atoms with Crippen LogP contribution in [0.2, 0.25) is 0 Å². The molecule has 6 nitrogen and oxygen atoms in total. The van der Waals surface area contributed by atoms with E-state index in [1.165, 1.54) is 6.08 Å². The number of hydrogen-bond donors (Lipinski definition) is 1. The lowest BCUT2D eigenvalue weighted by atomic mass is 10.2. The third kappa shape index (κ3) is 2.85. The van der Waals surface area contributed by atoms with Gasteiger partial charge in [-0.2, -0.15) is 5.10 Å². The Balaban J connectivity index is 1.77. The highest BCUT2D eigenvalue weighted by Crippen LogP contribution is 2.19. The molecule has 0 fully saturated rings. The van der Waals surface area contributed by atoms with Crippen molar-refractivity contribution in [2.24, 2.45) is 7.05 Å². The Hall–Kier alpha value is -3.02. The second kappa shape index (κ2) is 5.77. The number of hydrogen-bond acceptors (Lipinski definition) is 4. The molecule has 0 aliphatic heterocycles. The number of rotatable bonds is 3. The maximum absolute atomic E-state index is 11.9. The van der Waals surface area contributed by atoms with Crippen molar-refractivity contribution in [3.8, 4) is 0 Å². The topological polar surface area (TPSA) is 72.7 Å². The van der Waals surface area contributed by atoms with E-state index in [9.17, 15) is 4.79 Å². The summed E-state index contributed by atoms with van der Waals surface area (Å²) in [6, 6.07) is 5.57. The molecule has 22 heavy (non-hydrogen) atoms. The van der Waals surface area contributed by atoms with Crippen LogP contribution in [0.25, 0.3) is 17.1 Å². The lowest BCUT2D eigenvalue weighted by molar-refractivity contribution is -0.111. The molecule has 0 aromatic carbocycles. The van der Waals surface area contributed by atoms with Crippen LogP contribution in [0, 0.1) is 6.92 Å². The quantitative estimate of drug-likeness (QED) is 0.752. The first-order chi connectivity index (χ1) is 10.6. The number of aryl methyl sites for hydroxylation is 2. The summed E-state index contributed by atoms with van der Waals surface area (Å²) in [6.45, 7) is 1.91. The van der Waals surface area contributed by atoms with Gasteiger partial charge in [-0.3, -0.25) is 14.5 Å². The average Bonchev–Trinajstić information content (AvgIpc) is 2.81. The molecule has 1 N–H and O–H groups in total. The first-order valence-corrected chi connectivity index (χ1v) is 6.82. The van der Waals surface area contributed by atoms with Crippen LogP contribution in [0.3, 0.4) is 0 Å². The van der Waals surface area contributed by atoms with Gasteiger partial charge in [0.25, 0.3) is 0 Å². The molecule has 0 radical (unpaired) electrons. The molecular formula is C16H15N5O. The minimum absolute atomic E-state index is 0.216. The van der Waals surface area contributed by atoms with Crippen molar-refractivity contribution < 1.29 is 4.79 Å². The summed E-state index contributed by atoms with van der Waals surface area (Å²) < 4.78 is 1.72. The summed E-state index contributed by atoms with van der Waals surface area (Å²) in [5.74, 6) is -0.216. The summed E-state index contributed by atoms with van der Waals surface area (Å²) in [6.07, 6.45) is 8.19. The normalized spacial score (nSPS) is 11.2. The van der Waals surface area contributed by atoms with Gasteiger partial charge in [-0.1, -0.05) is 6.07 Å². The van der Waals surface area contributed by atoms with Gasteiger partial charge in [0.1, 0.15) is 0 Å². The third-order valence-corrected chi connectivity index (χ3v) is 3.24. The highest BCUT2D eigenvalue weighted by molar-refractivity contribution is 6.02. The van der Waals surface area contributed by atoms with Crippen LogP contribution < -0.4 is 5.32 Å². The van der Waals surface area contributed by atoms with Crippen LogP contribution in [0.15, 0.2) is 42.9 Å². The van der Waals surface area contributed by atoms with Gasteiger partial charge in [-0.05, 0) is 30.7 Å². The first-order valence-electron chi connectivity index (χ1n) is 6.82. The van der Waals surface area contributed by atoms with Gasteiger partial charge < -0.3 is 5.32 Å². The van der Waals surface area contributed by atoms with Crippen molar-refractivity contribution in [2.45, 2.75) is 6.92 Å². The second-order valence-corrected chi connectivity index (χ2v) is 4.91. The molecule has 110 valence electrons. The van der Waals surface area contributed by atoms with Gasteiger partial charge in [-0.25, -0.2) is 4.98 Å². The number of pyridine rings is 2. The van der Waals surface area contributed by atoms with Crippen LogP contribution in [-0.2, 0) is 11.8 Å². The Morgan fingerprint density at radius 1 is 1.36 bits per heavy atom. The molecule has 3 aromatic heterocycles. The van der Waals surface area contributed by atoms with E-state index in [1.807, 2.05) is 32.2 Å². The number of nitrogens with zero attached hydrogens (tertiary/aromatic N) is 4. The fourth-order valence-corrected chi connectivity index (χ4v) is 2.21. The van der Waals surface area contributed by atoms with Crippen molar-refractivity contribution in [3.05, 3.63) is 54.1 Å². The maximum Gasteiger partial charge on any atom is 0.248 e. The number of fused-ring (bicyclic) bond motifs is 1. The molecule has 3 heterocycles. The molecule has 0 aliphatic rings. The molecule has 0 spiro atoms. The van der Waals surface area contributed by atoms with E-state index in [1.54, 1.807) is 29.3 Å². The van der Waals surface area contributed by atoms with E-state index in [0.717, 1.165) is 22.3 Å². The van der Waals surface area contributed by atoms with Gasteiger partial charge in [0.2, 0.25) is 5.91 Å². The maximum atomic E-state index is 11.9. The molecule has 0 unspecified atom stereocenters. The van der Waals surface area contributed by atoms with Crippen LogP contribution in [-0.4, -0.2) is 25.7 Å². The van der Waals surface area contributed by atoms with E-state index >= 15 is 0 Å². The Bertz CT molecular complexity index is 852. The SMILES string of the molecule is Cc1nn(C)c2ncc(NC(=O)/C=C/c3cccnc3)cc12. The standard InChI is InChI=1S/C16H15N5O/c1-11-14-8-13(10-18-16(14)21(2)20-11)19-15(22)6-5-12-4-3-7-17-9-12/h3-10H,1-2H3,(H,19,22)/b6-5+. The van der Waals surface area contributed by atoms with Crippen LogP contribution >= 0.6 is 0 Å². The Kier molecular flexibility index (Phi) is 3.65. The van der Waals surface area contributed by atoms with Crippen molar-refractivity contribution in [1.82, 2.24) is 19.7 Å². The molecule has 0 atom stereocenters. The minimum Gasteiger partial charge on any atom is -0.321 e. The lowest BCUT2D eigenvalue weighted by Gasteiger charge is -2.02. The van der Waals surface area contributed by atoms with Gasteiger partial charge in [0.15, 0.2) is 5.65 Å². The molecule has 3 rings (SSSR count). The van der Waals surface area contributed by atoms with Crippen molar-refractivity contribution in [2.75, 3.05) is 5.32 Å². The highest BCUT2D eigenvalue weighted by Gasteiger charge is 2.07. The van der Waals surface area contributed by atoms with Crippen molar-refractivity contribution >= 4 is 28.7 Å². The Morgan fingerprint density at radius 2 is 2.23 bits per heavy atom. The summed E-state index contributed by atoms with van der Waals surface area (Å²) in [5.41, 5.74) is 3.19. The third-order valence-electron chi connectivity index (χ3n) is 3.24. The predicted molar refractivity (Wildman–Crippen MR) is 85.1 cm³/mol. The van der Waals surface area contributed by atoms with Crippen LogP contribution in [0.1, 0.15) is 11.3 Å². The van der Waals surface area contributed by atoms with E-state index in [0.29, 0.717) is 5.69 Å². The summed E-state index contributed by atoms with van der Waals surface area (Å²) >= 11 is 0. The van der Waals surface area contributed by atoms with E-state index in [2.05, 4.69) is 20.4 Å². The smallest absolute Gasteiger partial charge is 0.248 e. The van der Waals surface area contributed by atoms with Gasteiger partial charge >= 0.3 is 0 Å². The zero-order valence-electron chi connectivity index (χ0n) is 12.3. The summed E-state index contributed by atoms with van der Waals surface area (Å²) in [5, 5.41) is 8.03. The average molecular weight is 293 g/mol. The van der Waals surface area contributed by atoms with Gasteiger partial charge in [0, 0.05) is 30.9 Å². The van der Waals surface area contributed by atoms with Gasteiger partial charge in [0.05, 0.1) is 17.6 Å². The minimum atomic E-state index is -0.216. The summed E-state index contributed by atoms with van der Waals surface area (Å²) in [4.78, 5) is 20.3. The molecular weight excluding hydrogens is 278 g/mol. The molecule has 6 heteroatoms. The number of nitrogens with one attached hydrogen (secondary N) is 1. The second-order valence-electron chi connectivity index (χ2n) is 4.91. The molecule has 1 amide bonds. The van der Waals surface area contributed by atoms with E-state index < -0.39 is 0 Å². The summed E-state index contributed by atoms with van der Waals surface area (Å²) in [7, 11) is 1.84. The highest BCUT2D eigenvalue weighted by atomic mass is 16.1. The lowest BCUT2D eigenvalue weighted by Crippen LogP contribution is -2.08. The monoisotopic (exact) mass is 293 g/mol. The number of aromatic nitrogens is 4. The number of carbonyl (C=O) groups is 1. The Labute approximate surface area is 127 Å². The molecule has 0 saturated carbocycles. The molecule has 3 aromatic rings.